The smallest absolute Gasteiger partial charge is 0.254 e. The van der Waals surface area contributed by atoms with E-state index in [-0.39, 0.29) is 17.9 Å². The molecule has 1 fully saturated rings. The van der Waals surface area contributed by atoms with Crippen molar-refractivity contribution in [2.45, 2.75) is 23.8 Å². The molecule has 2 amide bonds. The summed E-state index contributed by atoms with van der Waals surface area (Å²) in [5.74, 6) is -0.268. The number of nitrogens with one attached hydrogen (secondary N) is 2. The lowest BCUT2D eigenvalue weighted by atomic mass is 10.0. The summed E-state index contributed by atoms with van der Waals surface area (Å²) in [5.41, 5.74) is 1.44. The Morgan fingerprint density at radius 2 is 1.66 bits per heavy atom. The van der Waals surface area contributed by atoms with Gasteiger partial charge >= 0.3 is 0 Å². The molecule has 0 radical (unpaired) electrons. The maximum Gasteiger partial charge on any atom is 0.254 e. The van der Waals surface area contributed by atoms with Gasteiger partial charge in [0.2, 0.25) is 10.0 Å². The van der Waals surface area contributed by atoms with E-state index in [0.29, 0.717) is 47.6 Å². The van der Waals surface area contributed by atoms with Gasteiger partial charge in [-0.3, -0.25) is 14.3 Å². The van der Waals surface area contributed by atoms with Crippen molar-refractivity contribution in [1.29, 1.82) is 0 Å². The molecule has 0 atom stereocenters. The van der Waals surface area contributed by atoms with Crippen molar-refractivity contribution in [3.05, 3.63) is 59.7 Å². The first-order valence-electron chi connectivity index (χ1n) is 9.19. The lowest BCUT2D eigenvalue weighted by molar-refractivity contribution is 0.0695. The molecule has 1 aliphatic rings. The topological polar surface area (TPSA) is 95.6 Å². The number of hydrogen-bond donors (Lipinski definition) is 3. The number of sulfonamides is 1. The van der Waals surface area contributed by atoms with E-state index in [0.717, 1.165) is 6.26 Å². The predicted octanol–water partition coefficient (Wildman–Crippen LogP) is 2.38. The summed E-state index contributed by atoms with van der Waals surface area (Å²) in [5, 5.41) is 2.98. The Kier molecular flexibility index (Phi) is 6.49. The van der Waals surface area contributed by atoms with Crippen LogP contribution in [0.25, 0.3) is 0 Å². The Hall–Kier alpha value is -2.52. The number of carbonyl (C=O) groups is 2. The number of likely N-dealkylation sites (tertiary alicyclic amines) is 1. The molecule has 29 heavy (non-hydrogen) atoms. The number of amides is 2. The van der Waals surface area contributed by atoms with Crippen LogP contribution >= 0.6 is 12.6 Å². The van der Waals surface area contributed by atoms with E-state index in [1.54, 1.807) is 41.3 Å². The molecule has 0 aliphatic carbocycles. The van der Waals surface area contributed by atoms with Gasteiger partial charge in [0.15, 0.2) is 0 Å². The Morgan fingerprint density at radius 3 is 2.24 bits per heavy atom. The molecular formula is C20H23N3O4S2. The summed E-state index contributed by atoms with van der Waals surface area (Å²) in [6.45, 7) is 1.12. The van der Waals surface area contributed by atoms with Crippen LogP contribution in [0.2, 0.25) is 0 Å². The van der Waals surface area contributed by atoms with E-state index >= 15 is 0 Å². The predicted molar refractivity (Wildman–Crippen MR) is 115 cm³/mol. The molecule has 0 aromatic heterocycles. The summed E-state index contributed by atoms with van der Waals surface area (Å²) < 4.78 is 24.8. The van der Waals surface area contributed by atoms with E-state index < -0.39 is 10.0 Å². The van der Waals surface area contributed by atoms with Crippen LogP contribution in [0.3, 0.4) is 0 Å². The number of carbonyl (C=O) groups excluding carboxylic acids is 2. The quantitative estimate of drug-likeness (QED) is 0.631. The molecule has 2 aromatic carbocycles. The first-order valence-corrected chi connectivity index (χ1v) is 11.5. The van der Waals surface area contributed by atoms with E-state index in [1.165, 1.54) is 0 Å². The summed E-state index contributed by atoms with van der Waals surface area (Å²) in [6, 6.07) is 13.4. The number of nitrogens with zero attached hydrogens (tertiary/aromatic N) is 1. The molecule has 0 unspecified atom stereocenters. The first-order chi connectivity index (χ1) is 13.7. The van der Waals surface area contributed by atoms with Gasteiger partial charge in [-0.25, -0.2) is 8.42 Å². The van der Waals surface area contributed by atoms with Crippen molar-refractivity contribution in [3.8, 4) is 0 Å². The molecule has 0 bridgehead atoms. The number of thiol groups is 1. The van der Waals surface area contributed by atoms with Crippen molar-refractivity contribution < 1.29 is 18.0 Å². The SMILES string of the molecule is CS(=O)(=O)Nc1ccc(C(=O)NC2CCN(C(=O)c3ccccc3S)CC2)cc1. The van der Waals surface area contributed by atoms with Crippen LogP contribution < -0.4 is 10.0 Å². The van der Waals surface area contributed by atoms with Gasteiger partial charge in [-0.05, 0) is 49.2 Å². The average Bonchev–Trinajstić information content (AvgIpc) is 2.68. The molecule has 2 aromatic rings. The number of anilines is 1. The Labute approximate surface area is 176 Å². The van der Waals surface area contributed by atoms with Gasteiger partial charge in [-0.1, -0.05) is 12.1 Å². The Balaban J connectivity index is 1.53. The van der Waals surface area contributed by atoms with Crippen molar-refractivity contribution in [2.24, 2.45) is 0 Å². The number of hydrogen-bond acceptors (Lipinski definition) is 5. The van der Waals surface area contributed by atoms with E-state index in [1.807, 2.05) is 12.1 Å². The molecule has 1 heterocycles. The molecule has 0 spiro atoms. The zero-order valence-corrected chi connectivity index (χ0v) is 17.7. The van der Waals surface area contributed by atoms with Crippen LogP contribution in [-0.4, -0.2) is 50.5 Å². The minimum Gasteiger partial charge on any atom is -0.349 e. The van der Waals surface area contributed by atoms with E-state index in [2.05, 4.69) is 22.7 Å². The monoisotopic (exact) mass is 433 g/mol. The van der Waals surface area contributed by atoms with Crippen LogP contribution in [0, 0.1) is 0 Å². The third-order valence-corrected chi connectivity index (χ3v) is 5.70. The molecule has 1 aliphatic heterocycles. The fraction of sp³-hybridized carbons (Fsp3) is 0.300. The third-order valence-electron chi connectivity index (χ3n) is 4.70. The van der Waals surface area contributed by atoms with Crippen LogP contribution in [0.4, 0.5) is 5.69 Å². The molecule has 9 heteroatoms. The van der Waals surface area contributed by atoms with Crippen molar-refractivity contribution in [1.82, 2.24) is 10.2 Å². The fourth-order valence-corrected chi connectivity index (χ4v) is 4.04. The largest absolute Gasteiger partial charge is 0.349 e. The normalized spacial score (nSPS) is 15.0. The lowest BCUT2D eigenvalue weighted by Crippen LogP contribution is -2.46. The van der Waals surface area contributed by atoms with Gasteiger partial charge in [0.05, 0.1) is 11.8 Å². The summed E-state index contributed by atoms with van der Waals surface area (Å²) in [7, 11) is -3.36. The molecule has 1 saturated heterocycles. The highest BCUT2D eigenvalue weighted by molar-refractivity contribution is 7.92. The maximum absolute atomic E-state index is 12.6. The second-order valence-corrected chi connectivity index (χ2v) is 9.24. The van der Waals surface area contributed by atoms with Crippen molar-refractivity contribution in [2.75, 3.05) is 24.1 Å². The van der Waals surface area contributed by atoms with Gasteiger partial charge in [0, 0.05) is 35.3 Å². The lowest BCUT2D eigenvalue weighted by Gasteiger charge is -2.32. The van der Waals surface area contributed by atoms with Crippen LogP contribution in [0.15, 0.2) is 53.4 Å². The van der Waals surface area contributed by atoms with Gasteiger partial charge in [-0.15, -0.1) is 12.6 Å². The fourth-order valence-electron chi connectivity index (χ4n) is 3.22. The zero-order valence-electron chi connectivity index (χ0n) is 16.0. The molecular weight excluding hydrogens is 410 g/mol. The highest BCUT2D eigenvalue weighted by atomic mass is 32.2. The summed E-state index contributed by atoms with van der Waals surface area (Å²) >= 11 is 4.35. The van der Waals surface area contributed by atoms with Crippen molar-refractivity contribution in [3.63, 3.8) is 0 Å². The molecule has 3 rings (SSSR count). The van der Waals surface area contributed by atoms with Crippen LogP contribution in [0.1, 0.15) is 33.6 Å². The van der Waals surface area contributed by atoms with Crippen LogP contribution in [-0.2, 0) is 10.0 Å². The second-order valence-electron chi connectivity index (χ2n) is 7.01. The maximum atomic E-state index is 12.6. The molecule has 7 nitrogen and oxygen atoms in total. The average molecular weight is 434 g/mol. The highest BCUT2D eigenvalue weighted by Gasteiger charge is 2.25. The van der Waals surface area contributed by atoms with Gasteiger partial charge in [0.25, 0.3) is 11.8 Å². The standard InChI is InChI=1S/C20H23N3O4S2/c1-29(26,27)22-16-8-6-14(7-9-16)19(24)21-15-10-12-23(13-11-15)20(25)17-4-2-3-5-18(17)28/h2-9,15,22,28H,10-13H2,1H3,(H,21,24). The number of piperidine rings is 1. The Morgan fingerprint density at radius 1 is 1.03 bits per heavy atom. The Bertz CT molecular complexity index is 999. The van der Waals surface area contributed by atoms with E-state index in [4.69, 9.17) is 0 Å². The number of benzene rings is 2. The summed E-state index contributed by atoms with van der Waals surface area (Å²) in [6.07, 6.45) is 2.40. The number of rotatable bonds is 5. The van der Waals surface area contributed by atoms with Gasteiger partial charge in [0.1, 0.15) is 0 Å². The highest BCUT2D eigenvalue weighted by Crippen LogP contribution is 2.19. The minimum absolute atomic E-state index is 0.0217. The van der Waals surface area contributed by atoms with Gasteiger partial charge < -0.3 is 10.2 Å². The first kappa shape index (κ1) is 21.2. The van der Waals surface area contributed by atoms with Crippen LogP contribution in [0.5, 0.6) is 0 Å². The summed E-state index contributed by atoms with van der Waals surface area (Å²) in [4.78, 5) is 27.5. The molecule has 154 valence electrons. The molecule has 0 saturated carbocycles. The zero-order chi connectivity index (χ0) is 21.0. The molecule has 2 N–H and O–H groups in total. The van der Waals surface area contributed by atoms with E-state index in [9.17, 15) is 18.0 Å². The van der Waals surface area contributed by atoms with Gasteiger partial charge in [-0.2, -0.15) is 0 Å². The van der Waals surface area contributed by atoms with Crippen molar-refractivity contribution >= 4 is 40.2 Å². The third kappa shape index (κ3) is 5.74. The second kappa shape index (κ2) is 8.87. The minimum atomic E-state index is -3.36.